The summed E-state index contributed by atoms with van der Waals surface area (Å²) in [7, 11) is 2.14. The zero-order valence-electron chi connectivity index (χ0n) is 18.8. The van der Waals surface area contributed by atoms with Gasteiger partial charge in [0.15, 0.2) is 5.58 Å². The van der Waals surface area contributed by atoms with Gasteiger partial charge < -0.3 is 24.9 Å². The van der Waals surface area contributed by atoms with Crippen LogP contribution in [0.5, 0.6) is 0 Å². The van der Waals surface area contributed by atoms with Gasteiger partial charge in [0, 0.05) is 43.6 Å². The molecule has 1 aliphatic heterocycles. The number of piperazine rings is 1. The highest BCUT2D eigenvalue weighted by Crippen LogP contribution is 2.25. The number of oxazole rings is 1. The number of pyridine rings is 1. The predicted octanol–water partition coefficient (Wildman–Crippen LogP) is 3.16. The first kappa shape index (κ1) is 21.0. The van der Waals surface area contributed by atoms with Crippen molar-refractivity contribution in [1.82, 2.24) is 24.8 Å². The minimum Gasteiger partial charge on any atom is -0.408 e. The van der Waals surface area contributed by atoms with Crippen molar-refractivity contribution in [3.05, 3.63) is 58.3 Å². The van der Waals surface area contributed by atoms with Gasteiger partial charge in [0.2, 0.25) is 5.95 Å². The second kappa shape index (κ2) is 8.55. The van der Waals surface area contributed by atoms with E-state index in [0.717, 1.165) is 54.5 Å². The molecule has 0 radical (unpaired) electrons. The van der Waals surface area contributed by atoms with Crippen LogP contribution in [0.4, 0.5) is 29.0 Å². The van der Waals surface area contributed by atoms with E-state index in [2.05, 4.69) is 55.4 Å². The van der Waals surface area contributed by atoms with E-state index in [-0.39, 0.29) is 0 Å². The largest absolute Gasteiger partial charge is 0.417 e. The van der Waals surface area contributed by atoms with Gasteiger partial charge >= 0.3 is 5.76 Å². The van der Waals surface area contributed by atoms with Gasteiger partial charge in [0.1, 0.15) is 11.6 Å². The van der Waals surface area contributed by atoms with Gasteiger partial charge in [-0.25, -0.2) is 14.8 Å². The van der Waals surface area contributed by atoms with Crippen molar-refractivity contribution in [3.63, 3.8) is 0 Å². The molecule has 0 aliphatic carbocycles. The first-order chi connectivity index (χ1) is 15.9. The van der Waals surface area contributed by atoms with Gasteiger partial charge in [0.25, 0.3) is 0 Å². The van der Waals surface area contributed by atoms with Crippen molar-refractivity contribution >= 4 is 40.1 Å². The van der Waals surface area contributed by atoms with E-state index in [4.69, 9.17) is 9.40 Å². The number of hydrogen-bond donors (Lipinski definition) is 3. The molecule has 5 rings (SSSR count). The van der Waals surface area contributed by atoms with Crippen LogP contribution in [-0.2, 0) is 0 Å². The van der Waals surface area contributed by atoms with Crippen LogP contribution in [0.1, 0.15) is 11.1 Å². The summed E-state index contributed by atoms with van der Waals surface area (Å²) in [5, 5.41) is 6.54. The zero-order chi connectivity index (χ0) is 22.9. The number of aromatic nitrogens is 4. The van der Waals surface area contributed by atoms with E-state index in [1.165, 1.54) is 0 Å². The number of fused-ring (bicyclic) bond motifs is 1. The first-order valence-corrected chi connectivity index (χ1v) is 10.9. The predicted molar refractivity (Wildman–Crippen MR) is 129 cm³/mol. The quantitative estimate of drug-likeness (QED) is 0.425. The van der Waals surface area contributed by atoms with Gasteiger partial charge in [-0.15, -0.1) is 0 Å². The Morgan fingerprint density at radius 1 is 0.970 bits per heavy atom. The van der Waals surface area contributed by atoms with Crippen molar-refractivity contribution < 1.29 is 4.42 Å². The summed E-state index contributed by atoms with van der Waals surface area (Å²) >= 11 is 0. The molecule has 33 heavy (non-hydrogen) atoms. The molecular formula is C23H26N8O2. The van der Waals surface area contributed by atoms with Crippen LogP contribution < -0.4 is 21.3 Å². The Morgan fingerprint density at radius 2 is 1.79 bits per heavy atom. The van der Waals surface area contributed by atoms with E-state index in [1.807, 2.05) is 19.2 Å². The third-order valence-corrected chi connectivity index (χ3v) is 5.76. The van der Waals surface area contributed by atoms with Crippen molar-refractivity contribution in [2.75, 3.05) is 48.8 Å². The van der Waals surface area contributed by atoms with Gasteiger partial charge in [-0.3, -0.25) is 4.98 Å². The summed E-state index contributed by atoms with van der Waals surface area (Å²) in [5.74, 6) is 1.67. The second-order valence-corrected chi connectivity index (χ2v) is 8.36. The molecule has 1 saturated heterocycles. The van der Waals surface area contributed by atoms with Gasteiger partial charge in [-0.1, -0.05) is 0 Å². The van der Waals surface area contributed by atoms with E-state index >= 15 is 0 Å². The van der Waals surface area contributed by atoms with E-state index < -0.39 is 5.76 Å². The molecule has 1 aliphatic rings. The van der Waals surface area contributed by atoms with Gasteiger partial charge in [-0.2, -0.15) is 4.98 Å². The Morgan fingerprint density at radius 3 is 2.58 bits per heavy atom. The van der Waals surface area contributed by atoms with Crippen molar-refractivity contribution in [2.45, 2.75) is 13.8 Å². The standard InChI is InChI=1S/C23H26N8O2/c1-14-10-17(13-24-21(14)31-8-6-30(3)7-9-31)27-22-25-12-15(2)20(29-22)26-16-4-5-19-18(11-16)28-23(32)33-19/h4-5,10-13H,6-9H2,1-3H3,(H,28,32)(H2,25,26,27,29). The molecule has 0 amide bonds. The summed E-state index contributed by atoms with van der Waals surface area (Å²) in [5.41, 5.74) is 4.74. The van der Waals surface area contributed by atoms with Crippen molar-refractivity contribution in [2.24, 2.45) is 0 Å². The molecule has 10 heteroatoms. The maximum Gasteiger partial charge on any atom is 0.417 e. The summed E-state index contributed by atoms with van der Waals surface area (Å²) in [6.07, 6.45) is 3.58. The summed E-state index contributed by atoms with van der Waals surface area (Å²) in [4.78, 5) is 32.4. The number of aromatic amines is 1. The topological polar surface area (TPSA) is 115 Å². The van der Waals surface area contributed by atoms with Crippen molar-refractivity contribution in [3.8, 4) is 0 Å². The van der Waals surface area contributed by atoms with Crippen LogP contribution in [0.3, 0.4) is 0 Å². The molecule has 0 unspecified atom stereocenters. The maximum absolute atomic E-state index is 11.4. The molecule has 0 spiro atoms. The van der Waals surface area contributed by atoms with Crippen LogP contribution in [-0.4, -0.2) is 58.1 Å². The molecule has 4 heterocycles. The highest BCUT2D eigenvalue weighted by Gasteiger charge is 2.17. The molecule has 3 N–H and O–H groups in total. The van der Waals surface area contributed by atoms with Crippen LogP contribution >= 0.6 is 0 Å². The summed E-state index contributed by atoms with van der Waals surface area (Å²) in [6.45, 7) is 8.04. The number of nitrogens with one attached hydrogen (secondary N) is 3. The fraction of sp³-hybridized carbons (Fsp3) is 0.304. The smallest absolute Gasteiger partial charge is 0.408 e. The molecule has 1 fully saturated rings. The number of hydrogen-bond acceptors (Lipinski definition) is 9. The minimum atomic E-state index is -0.477. The second-order valence-electron chi connectivity index (χ2n) is 8.36. The molecule has 0 atom stereocenters. The number of rotatable bonds is 5. The van der Waals surface area contributed by atoms with Crippen molar-refractivity contribution in [1.29, 1.82) is 0 Å². The van der Waals surface area contributed by atoms with Gasteiger partial charge in [-0.05, 0) is 50.7 Å². The lowest BCUT2D eigenvalue weighted by molar-refractivity contribution is 0.312. The average molecular weight is 447 g/mol. The fourth-order valence-corrected chi connectivity index (χ4v) is 3.91. The maximum atomic E-state index is 11.4. The number of anilines is 5. The Hall–Kier alpha value is -3.92. The van der Waals surface area contributed by atoms with Gasteiger partial charge in [0.05, 0.1) is 17.4 Å². The highest BCUT2D eigenvalue weighted by atomic mass is 16.4. The summed E-state index contributed by atoms with van der Waals surface area (Å²) < 4.78 is 5.06. The number of nitrogens with zero attached hydrogens (tertiary/aromatic N) is 5. The normalized spacial score (nSPS) is 14.6. The minimum absolute atomic E-state index is 0.467. The lowest BCUT2D eigenvalue weighted by Gasteiger charge is -2.34. The number of likely N-dealkylation sites (N-methyl/N-ethyl adjacent to an activating group) is 1. The Bertz CT molecular complexity index is 1350. The molecule has 1 aromatic carbocycles. The third-order valence-electron chi connectivity index (χ3n) is 5.76. The van der Waals surface area contributed by atoms with Crippen LogP contribution in [0.15, 0.2) is 45.9 Å². The van der Waals surface area contributed by atoms with E-state index in [1.54, 1.807) is 18.3 Å². The lowest BCUT2D eigenvalue weighted by Crippen LogP contribution is -2.45. The molecule has 170 valence electrons. The van der Waals surface area contributed by atoms with E-state index in [9.17, 15) is 4.79 Å². The van der Waals surface area contributed by atoms with Crippen LogP contribution in [0, 0.1) is 13.8 Å². The number of aryl methyl sites for hydroxylation is 2. The fourth-order valence-electron chi connectivity index (χ4n) is 3.91. The van der Waals surface area contributed by atoms with Crippen LogP contribution in [0.25, 0.3) is 11.1 Å². The monoisotopic (exact) mass is 446 g/mol. The highest BCUT2D eigenvalue weighted by molar-refractivity contribution is 5.78. The zero-order valence-corrected chi connectivity index (χ0v) is 18.8. The molecule has 10 nitrogen and oxygen atoms in total. The molecule has 0 bridgehead atoms. The third kappa shape index (κ3) is 4.51. The average Bonchev–Trinajstić information content (AvgIpc) is 3.16. The SMILES string of the molecule is Cc1cnc(Nc2cnc(N3CCN(C)CC3)c(C)c2)nc1Nc1ccc2oc(=O)[nH]c2c1. The summed E-state index contributed by atoms with van der Waals surface area (Å²) in [6, 6.07) is 7.44. The van der Waals surface area contributed by atoms with Crippen LogP contribution in [0.2, 0.25) is 0 Å². The Labute approximate surface area is 190 Å². The Balaban J connectivity index is 1.33. The molecular weight excluding hydrogens is 420 g/mol. The first-order valence-electron chi connectivity index (χ1n) is 10.9. The molecule has 4 aromatic rings. The Kier molecular flexibility index (Phi) is 5.43. The lowest BCUT2D eigenvalue weighted by atomic mass is 10.2. The molecule has 0 saturated carbocycles. The molecule has 3 aromatic heterocycles. The number of benzene rings is 1. The van der Waals surface area contributed by atoms with E-state index in [0.29, 0.717) is 22.9 Å². The number of H-pyrrole nitrogens is 1.